The molecule has 0 aliphatic carbocycles. The summed E-state index contributed by atoms with van der Waals surface area (Å²) in [7, 11) is -2.93. The zero-order valence-electron chi connectivity index (χ0n) is 9.85. The molecule has 0 aliphatic heterocycles. The molecule has 0 fully saturated rings. The van der Waals surface area contributed by atoms with Gasteiger partial charge >= 0.3 is 5.97 Å². The Kier molecular flexibility index (Phi) is 5.24. The van der Waals surface area contributed by atoms with Gasteiger partial charge in [0.25, 0.3) is 0 Å². The summed E-state index contributed by atoms with van der Waals surface area (Å²) in [5.74, 6) is -2.35. The second kappa shape index (κ2) is 6.29. The Hall–Kier alpha value is -1.22. The normalized spacial score (nSPS) is 11.4. The van der Waals surface area contributed by atoms with Crippen molar-refractivity contribution in [3.8, 4) is 0 Å². The van der Waals surface area contributed by atoms with Crippen LogP contribution in [0.15, 0.2) is 17.0 Å². The Morgan fingerprint density at radius 3 is 2.58 bits per heavy atom. The van der Waals surface area contributed by atoms with E-state index in [0.29, 0.717) is 0 Å². The average molecular weight is 312 g/mol. The molecule has 6 nitrogen and oxygen atoms in total. The molecule has 0 heterocycles. The first-order valence-corrected chi connectivity index (χ1v) is 6.87. The van der Waals surface area contributed by atoms with Crippen molar-refractivity contribution in [3.05, 3.63) is 28.5 Å². The number of nitrogens with two attached hydrogens (primary N) is 1. The van der Waals surface area contributed by atoms with Gasteiger partial charge in [-0.1, -0.05) is 11.6 Å². The van der Waals surface area contributed by atoms with E-state index in [1.807, 2.05) is 0 Å². The number of rotatable bonds is 5. The van der Waals surface area contributed by atoms with E-state index in [-0.39, 0.29) is 18.2 Å². The number of methoxy groups -OCH3 is 1. The number of hydrogen-bond donors (Lipinski definition) is 1. The summed E-state index contributed by atoms with van der Waals surface area (Å²) in [5.41, 5.74) is -0.604. The van der Waals surface area contributed by atoms with Gasteiger partial charge in [0.05, 0.1) is 12.2 Å². The zero-order valence-corrected chi connectivity index (χ0v) is 11.4. The molecule has 1 aromatic rings. The first kappa shape index (κ1) is 15.8. The van der Waals surface area contributed by atoms with Gasteiger partial charge in [0, 0.05) is 12.1 Å². The first-order chi connectivity index (χ1) is 8.77. The van der Waals surface area contributed by atoms with E-state index in [1.54, 1.807) is 0 Å². The fourth-order valence-corrected chi connectivity index (χ4v) is 2.15. The minimum atomic E-state index is -4.33. The third kappa shape index (κ3) is 4.13. The van der Waals surface area contributed by atoms with Crippen molar-refractivity contribution >= 4 is 27.6 Å². The van der Waals surface area contributed by atoms with E-state index in [4.69, 9.17) is 16.7 Å². The van der Waals surface area contributed by atoms with Crippen molar-refractivity contribution in [1.29, 1.82) is 0 Å². The van der Waals surface area contributed by atoms with Gasteiger partial charge in [-0.25, -0.2) is 22.7 Å². The van der Waals surface area contributed by atoms with Gasteiger partial charge in [-0.3, -0.25) is 0 Å². The lowest BCUT2D eigenvalue weighted by Crippen LogP contribution is -2.18. The van der Waals surface area contributed by atoms with Crippen molar-refractivity contribution in [1.82, 2.24) is 0 Å². The lowest BCUT2D eigenvalue weighted by atomic mass is 10.2. The van der Waals surface area contributed by atoms with Crippen LogP contribution in [0.4, 0.5) is 4.39 Å². The number of primary sulfonamides is 1. The van der Waals surface area contributed by atoms with Gasteiger partial charge in [0.2, 0.25) is 10.0 Å². The van der Waals surface area contributed by atoms with Crippen molar-refractivity contribution in [2.75, 3.05) is 20.3 Å². The SMILES string of the molecule is COCCOC(=O)c1cc(Cl)cc(S(N)(=O)=O)c1F. The van der Waals surface area contributed by atoms with E-state index < -0.39 is 32.3 Å². The molecule has 0 aliphatic rings. The van der Waals surface area contributed by atoms with Crippen molar-refractivity contribution in [2.45, 2.75) is 4.90 Å². The van der Waals surface area contributed by atoms with Crippen LogP contribution in [0.25, 0.3) is 0 Å². The van der Waals surface area contributed by atoms with Crippen LogP contribution in [0.2, 0.25) is 5.02 Å². The number of esters is 1. The maximum absolute atomic E-state index is 13.9. The molecule has 0 unspecified atom stereocenters. The molecular formula is C10H11ClFNO5S. The van der Waals surface area contributed by atoms with E-state index in [9.17, 15) is 17.6 Å². The third-order valence-electron chi connectivity index (χ3n) is 2.05. The molecule has 9 heteroatoms. The highest BCUT2D eigenvalue weighted by atomic mass is 35.5. The van der Waals surface area contributed by atoms with E-state index >= 15 is 0 Å². The number of sulfonamides is 1. The van der Waals surface area contributed by atoms with Crippen LogP contribution in [0.5, 0.6) is 0 Å². The van der Waals surface area contributed by atoms with Crippen molar-refractivity contribution in [2.24, 2.45) is 5.14 Å². The van der Waals surface area contributed by atoms with Gasteiger partial charge in [-0.05, 0) is 12.1 Å². The highest BCUT2D eigenvalue weighted by Crippen LogP contribution is 2.23. The van der Waals surface area contributed by atoms with Gasteiger partial charge in [0.1, 0.15) is 11.5 Å². The number of ether oxygens (including phenoxy) is 2. The van der Waals surface area contributed by atoms with Crippen LogP contribution in [0.3, 0.4) is 0 Å². The number of halogens is 2. The number of carbonyl (C=O) groups excluding carboxylic acids is 1. The van der Waals surface area contributed by atoms with Gasteiger partial charge in [-0.2, -0.15) is 0 Å². The zero-order chi connectivity index (χ0) is 14.6. The minimum absolute atomic E-state index is 0.105. The summed E-state index contributed by atoms with van der Waals surface area (Å²) in [6, 6.07) is 1.78. The summed E-state index contributed by atoms with van der Waals surface area (Å²) >= 11 is 5.61. The molecule has 0 amide bonds. The number of hydrogen-bond acceptors (Lipinski definition) is 5. The number of benzene rings is 1. The Labute approximate surface area is 114 Å². The molecule has 106 valence electrons. The minimum Gasteiger partial charge on any atom is -0.460 e. The smallest absolute Gasteiger partial charge is 0.341 e. The maximum atomic E-state index is 13.9. The lowest BCUT2D eigenvalue weighted by Gasteiger charge is -2.08. The molecule has 2 N–H and O–H groups in total. The Balaban J connectivity index is 3.15. The first-order valence-electron chi connectivity index (χ1n) is 4.95. The largest absolute Gasteiger partial charge is 0.460 e. The highest BCUT2D eigenvalue weighted by Gasteiger charge is 2.23. The molecule has 0 saturated carbocycles. The quantitative estimate of drug-likeness (QED) is 0.644. The van der Waals surface area contributed by atoms with Gasteiger partial charge in [0.15, 0.2) is 5.82 Å². The summed E-state index contributed by atoms with van der Waals surface area (Å²) in [5, 5.41) is 4.67. The predicted octanol–water partition coefficient (Wildman–Crippen LogP) is 0.930. The molecule has 0 atom stereocenters. The molecule has 19 heavy (non-hydrogen) atoms. The van der Waals surface area contributed by atoms with Crippen LogP contribution < -0.4 is 5.14 Å². The molecule has 0 aromatic heterocycles. The van der Waals surface area contributed by atoms with Crippen LogP contribution >= 0.6 is 11.6 Å². The third-order valence-corrected chi connectivity index (χ3v) is 3.18. The average Bonchev–Trinajstić information content (AvgIpc) is 2.30. The van der Waals surface area contributed by atoms with Crippen molar-refractivity contribution < 1.29 is 27.1 Å². The van der Waals surface area contributed by atoms with Crippen LogP contribution in [-0.2, 0) is 19.5 Å². The van der Waals surface area contributed by atoms with Crippen LogP contribution in [0, 0.1) is 5.82 Å². The van der Waals surface area contributed by atoms with Crippen LogP contribution in [0.1, 0.15) is 10.4 Å². The predicted molar refractivity (Wildman–Crippen MR) is 64.9 cm³/mol. The summed E-state index contributed by atoms with van der Waals surface area (Å²) in [6.45, 7) is 0.0158. The maximum Gasteiger partial charge on any atom is 0.341 e. The molecule has 0 spiro atoms. The fourth-order valence-electron chi connectivity index (χ4n) is 1.22. The monoisotopic (exact) mass is 311 g/mol. The van der Waals surface area contributed by atoms with E-state index in [1.165, 1.54) is 7.11 Å². The molecule has 0 radical (unpaired) electrons. The fraction of sp³-hybridized carbons (Fsp3) is 0.300. The Bertz CT molecular complexity index is 590. The second-order valence-electron chi connectivity index (χ2n) is 3.44. The standard InChI is InChI=1S/C10H11ClFNO5S/c1-17-2-3-18-10(14)7-4-6(11)5-8(9(7)12)19(13,15)16/h4-5H,2-3H2,1H3,(H2,13,15,16). The van der Waals surface area contributed by atoms with Gasteiger partial charge < -0.3 is 9.47 Å². The summed E-state index contributed by atoms with van der Waals surface area (Å²) < 4.78 is 45.5. The molecular weight excluding hydrogens is 301 g/mol. The molecule has 0 saturated heterocycles. The Morgan fingerprint density at radius 2 is 2.05 bits per heavy atom. The topological polar surface area (TPSA) is 95.7 Å². The van der Waals surface area contributed by atoms with E-state index in [0.717, 1.165) is 12.1 Å². The summed E-state index contributed by atoms with van der Waals surface area (Å²) in [6.07, 6.45) is 0. The Morgan fingerprint density at radius 1 is 1.42 bits per heavy atom. The molecule has 1 aromatic carbocycles. The second-order valence-corrected chi connectivity index (χ2v) is 5.41. The molecule has 1 rings (SSSR count). The lowest BCUT2D eigenvalue weighted by molar-refractivity contribution is 0.0382. The van der Waals surface area contributed by atoms with E-state index in [2.05, 4.69) is 9.47 Å². The summed E-state index contributed by atoms with van der Waals surface area (Å²) in [4.78, 5) is 10.7. The number of carbonyl (C=O) groups is 1. The highest BCUT2D eigenvalue weighted by molar-refractivity contribution is 7.89. The van der Waals surface area contributed by atoms with Gasteiger partial charge in [-0.15, -0.1) is 0 Å². The van der Waals surface area contributed by atoms with Crippen LogP contribution in [-0.4, -0.2) is 34.7 Å². The molecule has 0 bridgehead atoms. The van der Waals surface area contributed by atoms with Crippen molar-refractivity contribution in [3.63, 3.8) is 0 Å².